The quantitative estimate of drug-likeness (QED) is 0.564. The normalized spacial score (nSPS) is 49.0. The van der Waals surface area contributed by atoms with Crippen LogP contribution in [0.4, 0.5) is 0 Å². The van der Waals surface area contributed by atoms with Gasteiger partial charge in [0.15, 0.2) is 12.1 Å². The number of rotatable bonds is 4. The van der Waals surface area contributed by atoms with Crippen LogP contribution < -0.4 is 0 Å². The number of hydrogen-bond donors (Lipinski definition) is 2. The largest absolute Gasteiger partial charge is 0.462 e. The standard InChI is InChI=1S/C29H44O6/c1-16(2)6-9-24-28(5,33)25-23(34-17(3)30)15-22-20-8-7-18-14-19(31)10-12-27(18,4)21(20)11-13-29(22,25)26(32)35-24/h14,16,20-26,32-33H,6-13,15H2,1-5H3/t20?,21?,22?,23?,24-,25?,26+,27?,28+,29?/m1/s1. The zero-order chi connectivity index (χ0) is 25.3. The average molecular weight is 489 g/mol. The molecule has 1 spiro atoms. The van der Waals surface area contributed by atoms with E-state index >= 15 is 0 Å². The molecular formula is C29H44O6. The van der Waals surface area contributed by atoms with Gasteiger partial charge in [-0.25, -0.2) is 0 Å². The molecular weight excluding hydrogens is 444 g/mol. The Morgan fingerprint density at radius 1 is 1.20 bits per heavy atom. The summed E-state index contributed by atoms with van der Waals surface area (Å²) in [4.78, 5) is 24.4. The predicted octanol–water partition coefficient (Wildman–Crippen LogP) is 4.56. The van der Waals surface area contributed by atoms with E-state index in [1.165, 1.54) is 12.5 Å². The van der Waals surface area contributed by atoms with Gasteiger partial charge in [-0.15, -0.1) is 0 Å². The van der Waals surface area contributed by atoms with Crippen molar-refractivity contribution in [2.24, 2.45) is 40.4 Å². The van der Waals surface area contributed by atoms with Gasteiger partial charge in [0.1, 0.15) is 6.10 Å². The number of aliphatic hydroxyl groups is 2. The number of esters is 1. The van der Waals surface area contributed by atoms with Gasteiger partial charge in [0.2, 0.25) is 0 Å². The minimum atomic E-state index is -1.20. The highest BCUT2D eigenvalue weighted by Crippen LogP contribution is 2.71. The Kier molecular flexibility index (Phi) is 6.29. The number of ether oxygens (including phenoxy) is 2. The SMILES string of the molecule is CC(=O)OC1CC2C3CCC4=CC(=O)CCC4(C)C3CCC23C1[C@@](C)(O)[C@@H](CCC(C)C)O[C@@H]3O. The molecule has 5 rings (SSSR count). The van der Waals surface area contributed by atoms with Gasteiger partial charge in [-0.05, 0) is 93.5 Å². The van der Waals surface area contributed by atoms with Crippen molar-refractivity contribution in [3.8, 4) is 0 Å². The summed E-state index contributed by atoms with van der Waals surface area (Å²) in [6.45, 7) is 9.92. The number of carbonyl (C=O) groups excluding carboxylic acids is 2. The number of carbonyl (C=O) groups is 2. The highest BCUT2D eigenvalue weighted by molar-refractivity contribution is 5.91. The molecule has 10 atom stereocenters. The van der Waals surface area contributed by atoms with Crippen LogP contribution in [0.5, 0.6) is 0 Å². The third-order valence-corrected chi connectivity index (χ3v) is 10.9. The number of allylic oxidation sites excluding steroid dienone is 1. The van der Waals surface area contributed by atoms with E-state index < -0.39 is 29.5 Å². The van der Waals surface area contributed by atoms with Crippen LogP contribution in [0, 0.1) is 40.4 Å². The number of ketones is 1. The van der Waals surface area contributed by atoms with Crippen molar-refractivity contribution >= 4 is 11.8 Å². The summed E-state index contributed by atoms with van der Waals surface area (Å²) in [6, 6.07) is 0. The first-order chi connectivity index (χ1) is 16.4. The number of fused-ring (bicyclic) bond motifs is 4. The maximum Gasteiger partial charge on any atom is 0.302 e. The number of hydrogen-bond acceptors (Lipinski definition) is 6. The summed E-state index contributed by atoms with van der Waals surface area (Å²) in [5.41, 5.74) is -0.507. The third kappa shape index (κ3) is 3.76. The molecule has 4 fully saturated rings. The van der Waals surface area contributed by atoms with E-state index in [1.54, 1.807) is 0 Å². The molecule has 0 aromatic carbocycles. The van der Waals surface area contributed by atoms with E-state index in [0.717, 1.165) is 38.5 Å². The van der Waals surface area contributed by atoms with Gasteiger partial charge >= 0.3 is 5.97 Å². The van der Waals surface area contributed by atoms with Crippen LogP contribution in [0.15, 0.2) is 11.6 Å². The Labute approximate surface area is 209 Å². The van der Waals surface area contributed by atoms with Gasteiger partial charge in [-0.2, -0.15) is 0 Å². The van der Waals surface area contributed by atoms with Gasteiger partial charge in [0, 0.05) is 24.7 Å². The minimum Gasteiger partial charge on any atom is -0.462 e. The zero-order valence-electron chi connectivity index (χ0n) is 22.1. The molecule has 6 nitrogen and oxygen atoms in total. The first-order valence-corrected chi connectivity index (χ1v) is 13.9. The summed E-state index contributed by atoms with van der Waals surface area (Å²) in [6.07, 6.45) is 7.28. The van der Waals surface area contributed by atoms with E-state index in [2.05, 4.69) is 20.8 Å². The molecule has 1 saturated heterocycles. The fourth-order valence-electron chi connectivity index (χ4n) is 9.44. The Bertz CT molecular complexity index is 907. The fraction of sp³-hybridized carbons (Fsp3) is 0.862. The van der Waals surface area contributed by atoms with Crippen LogP contribution in [0.3, 0.4) is 0 Å². The molecule has 1 aliphatic heterocycles. The molecule has 0 aromatic heterocycles. The second-order valence-electron chi connectivity index (χ2n) is 13.2. The molecule has 7 unspecified atom stereocenters. The van der Waals surface area contributed by atoms with Crippen molar-refractivity contribution in [1.29, 1.82) is 0 Å². The summed E-state index contributed by atoms with van der Waals surface area (Å²) < 4.78 is 12.2. The molecule has 4 aliphatic carbocycles. The molecule has 0 amide bonds. The van der Waals surface area contributed by atoms with Crippen molar-refractivity contribution in [3.05, 3.63) is 11.6 Å². The van der Waals surface area contributed by atoms with Crippen molar-refractivity contribution in [2.45, 2.75) is 117 Å². The first kappa shape index (κ1) is 25.4. The molecule has 2 N–H and O–H groups in total. The topological polar surface area (TPSA) is 93.1 Å². The molecule has 196 valence electrons. The van der Waals surface area contributed by atoms with E-state index in [1.807, 2.05) is 13.0 Å². The molecule has 0 bridgehead atoms. The van der Waals surface area contributed by atoms with Crippen LogP contribution in [-0.2, 0) is 19.1 Å². The maximum atomic E-state index is 12.2. The van der Waals surface area contributed by atoms with E-state index in [9.17, 15) is 19.8 Å². The Balaban J connectivity index is 1.52. The molecule has 0 aromatic rings. The molecule has 35 heavy (non-hydrogen) atoms. The van der Waals surface area contributed by atoms with Crippen LogP contribution in [0.1, 0.15) is 92.4 Å². The first-order valence-electron chi connectivity index (χ1n) is 13.9. The monoisotopic (exact) mass is 488 g/mol. The van der Waals surface area contributed by atoms with Crippen molar-refractivity contribution in [1.82, 2.24) is 0 Å². The van der Waals surface area contributed by atoms with Crippen molar-refractivity contribution in [3.63, 3.8) is 0 Å². The minimum absolute atomic E-state index is 0.0102. The second-order valence-corrected chi connectivity index (χ2v) is 13.2. The Morgan fingerprint density at radius 3 is 2.63 bits per heavy atom. The summed E-state index contributed by atoms with van der Waals surface area (Å²) in [5, 5.41) is 23.7. The molecule has 6 heteroatoms. The Hall–Kier alpha value is -1.24. The van der Waals surface area contributed by atoms with Gasteiger partial charge in [-0.1, -0.05) is 26.3 Å². The lowest BCUT2D eigenvalue weighted by molar-refractivity contribution is -0.339. The van der Waals surface area contributed by atoms with Gasteiger partial charge in [0.25, 0.3) is 0 Å². The van der Waals surface area contributed by atoms with Gasteiger partial charge < -0.3 is 19.7 Å². The van der Waals surface area contributed by atoms with E-state index in [-0.39, 0.29) is 29.0 Å². The lowest BCUT2D eigenvalue weighted by atomic mass is 9.45. The highest BCUT2D eigenvalue weighted by Gasteiger charge is 2.73. The smallest absolute Gasteiger partial charge is 0.302 e. The molecule has 3 saturated carbocycles. The van der Waals surface area contributed by atoms with Gasteiger partial charge in [-0.3, -0.25) is 9.59 Å². The van der Waals surface area contributed by atoms with Gasteiger partial charge in [0.05, 0.1) is 11.7 Å². The zero-order valence-corrected chi connectivity index (χ0v) is 22.1. The summed E-state index contributed by atoms with van der Waals surface area (Å²) >= 11 is 0. The summed E-state index contributed by atoms with van der Waals surface area (Å²) in [7, 11) is 0. The van der Waals surface area contributed by atoms with Crippen LogP contribution in [0.25, 0.3) is 0 Å². The molecule has 5 aliphatic rings. The fourth-order valence-corrected chi connectivity index (χ4v) is 9.44. The van der Waals surface area contributed by atoms with Crippen molar-refractivity contribution < 1.29 is 29.3 Å². The average Bonchev–Trinajstić information content (AvgIpc) is 3.11. The lowest BCUT2D eigenvalue weighted by Gasteiger charge is -2.63. The number of aliphatic hydroxyl groups excluding tert-OH is 1. The van der Waals surface area contributed by atoms with Crippen LogP contribution >= 0.6 is 0 Å². The van der Waals surface area contributed by atoms with Crippen LogP contribution in [-0.4, -0.2) is 46.1 Å². The molecule has 1 heterocycles. The molecule has 0 radical (unpaired) electrons. The summed E-state index contributed by atoms with van der Waals surface area (Å²) in [5.74, 6) is 0.914. The third-order valence-electron chi connectivity index (χ3n) is 10.9. The highest BCUT2D eigenvalue weighted by atomic mass is 16.6. The van der Waals surface area contributed by atoms with E-state index in [0.29, 0.717) is 37.0 Å². The predicted molar refractivity (Wildman–Crippen MR) is 131 cm³/mol. The lowest BCUT2D eigenvalue weighted by Crippen LogP contribution is -2.68. The van der Waals surface area contributed by atoms with Crippen LogP contribution in [0.2, 0.25) is 0 Å². The second kappa shape index (κ2) is 8.66. The van der Waals surface area contributed by atoms with Crippen molar-refractivity contribution in [2.75, 3.05) is 0 Å². The maximum absolute atomic E-state index is 12.2. The van der Waals surface area contributed by atoms with E-state index in [4.69, 9.17) is 9.47 Å². The Morgan fingerprint density at radius 2 is 1.94 bits per heavy atom.